The maximum Gasteiger partial charge on any atom is 0.407 e. The molecule has 0 aromatic carbocycles. The van der Waals surface area contributed by atoms with E-state index in [4.69, 9.17) is 14.9 Å². The zero-order valence-electron chi connectivity index (χ0n) is 9.24. The van der Waals surface area contributed by atoms with Gasteiger partial charge in [-0.25, -0.2) is 9.78 Å². The van der Waals surface area contributed by atoms with E-state index in [1.165, 1.54) is 17.2 Å². The summed E-state index contributed by atoms with van der Waals surface area (Å²) in [5.41, 5.74) is 0. The Labute approximate surface area is 98.5 Å². The molecule has 6 heteroatoms. The lowest BCUT2D eigenvalue weighted by Gasteiger charge is -2.30. The number of rotatable bonds is 2. The van der Waals surface area contributed by atoms with Crippen molar-refractivity contribution in [3.63, 3.8) is 0 Å². The van der Waals surface area contributed by atoms with Crippen molar-refractivity contribution in [2.75, 3.05) is 13.1 Å². The van der Waals surface area contributed by atoms with Gasteiger partial charge in [-0.3, -0.25) is 0 Å². The number of aromatic nitrogens is 1. The maximum atomic E-state index is 10.7. The lowest BCUT2D eigenvalue weighted by molar-refractivity contribution is 0.0892. The summed E-state index contributed by atoms with van der Waals surface area (Å²) in [6.45, 7) is 0.983. The predicted octanol–water partition coefficient (Wildman–Crippen LogP) is 1.31. The Hall–Kier alpha value is -1.98. The van der Waals surface area contributed by atoms with Gasteiger partial charge in [-0.15, -0.1) is 0 Å². The highest BCUT2D eigenvalue weighted by Gasteiger charge is 2.23. The number of likely N-dealkylation sites (tertiary alicyclic amines) is 1. The van der Waals surface area contributed by atoms with Crippen LogP contribution in [0.5, 0.6) is 11.6 Å². The van der Waals surface area contributed by atoms with Crippen LogP contribution in [0.4, 0.5) is 4.79 Å². The van der Waals surface area contributed by atoms with Crippen LogP contribution in [-0.2, 0) is 0 Å². The maximum absolute atomic E-state index is 10.7. The van der Waals surface area contributed by atoms with Crippen molar-refractivity contribution in [1.29, 1.82) is 0 Å². The van der Waals surface area contributed by atoms with E-state index < -0.39 is 6.09 Å². The van der Waals surface area contributed by atoms with Gasteiger partial charge in [0.05, 0.1) is 6.20 Å². The summed E-state index contributed by atoms with van der Waals surface area (Å²) in [6, 6.07) is 3.10. The third kappa shape index (κ3) is 2.99. The molecule has 17 heavy (non-hydrogen) atoms. The van der Waals surface area contributed by atoms with Crippen molar-refractivity contribution in [2.24, 2.45) is 0 Å². The van der Waals surface area contributed by atoms with Crippen molar-refractivity contribution >= 4 is 6.09 Å². The number of hydrogen-bond acceptors (Lipinski definition) is 4. The molecule has 1 amide bonds. The Balaban J connectivity index is 1.85. The Morgan fingerprint density at radius 2 is 2.12 bits per heavy atom. The third-order valence-electron chi connectivity index (χ3n) is 2.74. The minimum absolute atomic E-state index is 0.0111. The summed E-state index contributed by atoms with van der Waals surface area (Å²) in [4.78, 5) is 15.8. The Kier molecular flexibility index (Phi) is 3.32. The van der Waals surface area contributed by atoms with Crippen LogP contribution in [0.25, 0.3) is 0 Å². The number of amides is 1. The van der Waals surface area contributed by atoms with Crippen molar-refractivity contribution in [3.05, 3.63) is 18.3 Å². The van der Waals surface area contributed by atoms with Gasteiger partial charge in [-0.05, 0) is 6.07 Å². The van der Waals surface area contributed by atoms with Gasteiger partial charge < -0.3 is 19.8 Å². The second kappa shape index (κ2) is 4.90. The fourth-order valence-electron chi connectivity index (χ4n) is 1.80. The van der Waals surface area contributed by atoms with Crippen molar-refractivity contribution < 1.29 is 19.7 Å². The average molecular weight is 238 g/mol. The van der Waals surface area contributed by atoms with E-state index in [1.807, 2.05) is 0 Å². The molecule has 0 unspecified atom stereocenters. The first-order chi connectivity index (χ1) is 8.15. The van der Waals surface area contributed by atoms with Crippen LogP contribution >= 0.6 is 0 Å². The summed E-state index contributed by atoms with van der Waals surface area (Å²) in [5.74, 6) is 0.551. The highest BCUT2D eigenvalue weighted by molar-refractivity contribution is 5.65. The van der Waals surface area contributed by atoms with E-state index in [1.54, 1.807) is 6.07 Å². The average Bonchev–Trinajstić information content (AvgIpc) is 2.33. The molecule has 0 radical (unpaired) electrons. The molecule has 0 aliphatic carbocycles. The first kappa shape index (κ1) is 11.5. The van der Waals surface area contributed by atoms with E-state index in [0.717, 1.165) is 0 Å². The van der Waals surface area contributed by atoms with Crippen molar-refractivity contribution in [3.8, 4) is 11.6 Å². The van der Waals surface area contributed by atoms with Crippen molar-refractivity contribution in [1.82, 2.24) is 9.88 Å². The molecule has 6 nitrogen and oxygen atoms in total. The second-order valence-corrected chi connectivity index (χ2v) is 3.94. The fourth-order valence-corrected chi connectivity index (χ4v) is 1.80. The molecule has 2 heterocycles. The molecule has 1 fully saturated rings. The van der Waals surface area contributed by atoms with Crippen LogP contribution < -0.4 is 4.74 Å². The van der Waals surface area contributed by atoms with E-state index >= 15 is 0 Å². The molecule has 0 spiro atoms. The van der Waals surface area contributed by atoms with Gasteiger partial charge >= 0.3 is 6.09 Å². The van der Waals surface area contributed by atoms with Crippen LogP contribution in [0.1, 0.15) is 12.8 Å². The van der Waals surface area contributed by atoms with Crippen LogP contribution in [0.2, 0.25) is 0 Å². The van der Waals surface area contributed by atoms with Gasteiger partial charge in [0, 0.05) is 32.0 Å². The smallest absolute Gasteiger partial charge is 0.407 e. The summed E-state index contributed by atoms with van der Waals surface area (Å²) in [5, 5.41) is 17.8. The minimum atomic E-state index is -0.880. The molecule has 2 N–H and O–H groups in total. The van der Waals surface area contributed by atoms with E-state index in [0.29, 0.717) is 31.7 Å². The zero-order chi connectivity index (χ0) is 12.3. The normalized spacial score (nSPS) is 16.8. The molecule has 1 aliphatic heterocycles. The molecule has 92 valence electrons. The number of aromatic hydroxyl groups is 1. The number of ether oxygens (including phenoxy) is 1. The van der Waals surface area contributed by atoms with Gasteiger partial charge in [0.2, 0.25) is 5.88 Å². The van der Waals surface area contributed by atoms with E-state index in [9.17, 15) is 4.79 Å². The SMILES string of the molecule is O=C(O)N1CCC(Oc2ccc(O)nc2)CC1. The fraction of sp³-hybridized carbons (Fsp3) is 0.455. The van der Waals surface area contributed by atoms with E-state index in [-0.39, 0.29) is 12.0 Å². The molecule has 2 rings (SSSR count). The Morgan fingerprint density at radius 3 is 2.65 bits per heavy atom. The molecule has 1 saturated heterocycles. The molecule has 1 aromatic rings. The first-order valence-electron chi connectivity index (χ1n) is 5.44. The molecular formula is C11H14N2O4. The monoisotopic (exact) mass is 238 g/mol. The van der Waals surface area contributed by atoms with Crippen LogP contribution in [0.15, 0.2) is 18.3 Å². The number of carboxylic acid groups (broad SMARTS) is 1. The number of hydrogen-bond donors (Lipinski definition) is 2. The van der Waals surface area contributed by atoms with Crippen molar-refractivity contribution in [2.45, 2.75) is 18.9 Å². The molecule has 1 aliphatic rings. The Bertz CT molecular complexity index is 385. The number of nitrogens with zero attached hydrogens (tertiary/aromatic N) is 2. The first-order valence-corrected chi connectivity index (χ1v) is 5.44. The minimum Gasteiger partial charge on any atom is -0.493 e. The zero-order valence-corrected chi connectivity index (χ0v) is 9.24. The van der Waals surface area contributed by atoms with Crippen LogP contribution in [-0.4, -0.2) is 45.4 Å². The lowest BCUT2D eigenvalue weighted by atomic mass is 10.1. The van der Waals surface area contributed by atoms with Gasteiger partial charge in [0.1, 0.15) is 11.9 Å². The second-order valence-electron chi connectivity index (χ2n) is 3.94. The largest absolute Gasteiger partial charge is 0.493 e. The molecule has 0 saturated carbocycles. The van der Waals surface area contributed by atoms with E-state index in [2.05, 4.69) is 4.98 Å². The molecule has 0 bridgehead atoms. The van der Waals surface area contributed by atoms with Gasteiger partial charge in [0.25, 0.3) is 0 Å². The van der Waals surface area contributed by atoms with Crippen LogP contribution in [0, 0.1) is 0 Å². The summed E-state index contributed by atoms with van der Waals surface area (Å²) >= 11 is 0. The lowest BCUT2D eigenvalue weighted by Crippen LogP contribution is -2.41. The van der Waals surface area contributed by atoms with Gasteiger partial charge in [-0.1, -0.05) is 0 Å². The number of piperidine rings is 1. The highest BCUT2D eigenvalue weighted by Crippen LogP contribution is 2.19. The molecule has 1 aromatic heterocycles. The molecular weight excluding hydrogens is 224 g/mol. The quantitative estimate of drug-likeness (QED) is 0.811. The van der Waals surface area contributed by atoms with Crippen LogP contribution in [0.3, 0.4) is 0 Å². The highest BCUT2D eigenvalue weighted by atomic mass is 16.5. The predicted molar refractivity (Wildman–Crippen MR) is 59.1 cm³/mol. The third-order valence-corrected chi connectivity index (χ3v) is 2.74. The number of pyridine rings is 1. The summed E-state index contributed by atoms with van der Waals surface area (Å²) in [7, 11) is 0. The summed E-state index contributed by atoms with van der Waals surface area (Å²) in [6.07, 6.45) is 1.94. The summed E-state index contributed by atoms with van der Waals surface area (Å²) < 4.78 is 5.65. The molecule has 0 atom stereocenters. The standard InChI is InChI=1S/C11H14N2O4/c14-10-2-1-9(7-12-10)17-8-3-5-13(6-4-8)11(15)16/h1-2,7-8H,3-6H2,(H,12,14)(H,15,16). The topological polar surface area (TPSA) is 82.9 Å². The van der Waals surface area contributed by atoms with Gasteiger partial charge in [0.15, 0.2) is 0 Å². The van der Waals surface area contributed by atoms with Gasteiger partial charge in [-0.2, -0.15) is 0 Å². The Morgan fingerprint density at radius 1 is 1.41 bits per heavy atom. The number of carbonyl (C=O) groups is 1.